The van der Waals surface area contributed by atoms with Crippen LogP contribution in [0.5, 0.6) is 0 Å². The molecule has 0 bridgehead atoms. The van der Waals surface area contributed by atoms with E-state index in [-0.39, 0.29) is 0 Å². The molecule has 0 saturated carbocycles. The summed E-state index contributed by atoms with van der Waals surface area (Å²) in [6.07, 6.45) is 12.5. The number of hydrazone groups is 1. The van der Waals surface area contributed by atoms with Gasteiger partial charge in [0.1, 0.15) is 11.7 Å². The van der Waals surface area contributed by atoms with Crippen LogP contribution in [-0.4, -0.2) is 61.0 Å². The van der Waals surface area contributed by atoms with Gasteiger partial charge >= 0.3 is 0 Å². The van der Waals surface area contributed by atoms with Crippen LogP contribution in [0.1, 0.15) is 44.4 Å². The van der Waals surface area contributed by atoms with Crippen molar-refractivity contribution in [3.8, 4) is 0 Å². The Morgan fingerprint density at radius 2 is 1.90 bits per heavy atom. The molecular weight excluding hydrogens is 505 g/mol. The number of hydrogen-bond acceptors (Lipinski definition) is 7. The van der Waals surface area contributed by atoms with Crippen LogP contribution in [0.25, 0.3) is 0 Å². The first kappa shape index (κ1) is 29.9. The van der Waals surface area contributed by atoms with E-state index in [1.54, 1.807) is 12.4 Å². The summed E-state index contributed by atoms with van der Waals surface area (Å²) in [6.45, 7) is 14.1. The molecule has 39 heavy (non-hydrogen) atoms. The lowest BCUT2D eigenvalue weighted by Gasteiger charge is -2.30. The summed E-state index contributed by atoms with van der Waals surface area (Å²) in [6, 6.07) is 12.3. The average molecular weight is 546 g/mol. The van der Waals surface area contributed by atoms with Gasteiger partial charge in [0.05, 0.1) is 37.0 Å². The number of hydrogen-bond donors (Lipinski definition) is 2. The Hall–Kier alpha value is -3.61. The normalized spacial score (nSPS) is 15.8. The van der Waals surface area contributed by atoms with Gasteiger partial charge in [0.25, 0.3) is 0 Å². The Kier molecular flexibility index (Phi) is 12.6. The number of aliphatic imine (C=N–C) groups is 2. The zero-order valence-electron chi connectivity index (χ0n) is 23.2. The number of nitrogens with zero attached hydrogens (tertiary/aromatic N) is 5. The number of pyridine rings is 1. The standard InChI is InChI=1S/C30H40N7OP/c1-5-8-29(39)30(37-17-19-38-20-18-37)34-24(4)36-33-22-27-14-15-28(21-32-27)35-26-12-10-25(11-13-26)23(3)9-7-16-31-6-2/h7-16,21-23,35-36H,4-6,17-20,39H2,1-3H3/b9-7-,29-8?,31-16?,33-22+,34-30+. The van der Waals surface area contributed by atoms with Crippen molar-refractivity contribution in [2.45, 2.75) is 33.1 Å². The molecule has 0 amide bonds. The third-order valence-electron chi connectivity index (χ3n) is 5.91. The molecule has 0 radical (unpaired) electrons. The summed E-state index contributed by atoms with van der Waals surface area (Å²) in [7, 11) is 2.77. The van der Waals surface area contributed by atoms with Crippen molar-refractivity contribution in [2.75, 3.05) is 38.2 Å². The summed E-state index contributed by atoms with van der Waals surface area (Å²) < 4.78 is 5.48. The van der Waals surface area contributed by atoms with E-state index in [1.807, 2.05) is 31.3 Å². The molecule has 206 valence electrons. The first-order valence-electron chi connectivity index (χ1n) is 13.3. The summed E-state index contributed by atoms with van der Waals surface area (Å²) in [5.41, 5.74) is 6.78. The zero-order chi connectivity index (χ0) is 27.9. The summed E-state index contributed by atoms with van der Waals surface area (Å²) in [4.78, 5) is 15.6. The largest absolute Gasteiger partial charge is 0.378 e. The van der Waals surface area contributed by atoms with Crippen molar-refractivity contribution in [3.63, 3.8) is 0 Å². The van der Waals surface area contributed by atoms with Gasteiger partial charge in [0.15, 0.2) is 0 Å². The maximum atomic E-state index is 5.48. The fourth-order valence-corrected chi connectivity index (χ4v) is 4.30. The highest BCUT2D eigenvalue weighted by molar-refractivity contribution is 7.25. The fourth-order valence-electron chi connectivity index (χ4n) is 3.82. The van der Waals surface area contributed by atoms with Gasteiger partial charge < -0.3 is 15.0 Å². The van der Waals surface area contributed by atoms with Gasteiger partial charge in [-0.1, -0.05) is 44.7 Å². The van der Waals surface area contributed by atoms with E-state index < -0.39 is 0 Å². The average Bonchev–Trinajstić information content (AvgIpc) is 2.96. The Balaban J connectivity index is 1.54. The summed E-state index contributed by atoms with van der Waals surface area (Å²) in [5, 5.41) is 8.70. The van der Waals surface area contributed by atoms with Crippen LogP contribution in [-0.2, 0) is 4.74 Å². The molecule has 0 aliphatic carbocycles. The summed E-state index contributed by atoms with van der Waals surface area (Å²) in [5.74, 6) is 1.64. The van der Waals surface area contributed by atoms with E-state index in [1.165, 1.54) is 5.56 Å². The van der Waals surface area contributed by atoms with Crippen LogP contribution >= 0.6 is 9.24 Å². The van der Waals surface area contributed by atoms with Crippen molar-refractivity contribution < 1.29 is 4.74 Å². The molecular formula is C30H40N7OP. The smallest absolute Gasteiger partial charge is 0.141 e. The molecule has 1 aromatic carbocycles. The predicted molar refractivity (Wildman–Crippen MR) is 168 cm³/mol. The van der Waals surface area contributed by atoms with E-state index in [4.69, 9.17) is 4.74 Å². The van der Waals surface area contributed by atoms with Gasteiger partial charge in [-0.3, -0.25) is 15.4 Å². The lowest BCUT2D eigenvalue weighted by molar-refractivity contribution is 0.0683. The Morgan fingerprint density at radius 1 is 1.15 bits per heavy atom. The van der Waals surface area contributed by atoms with Gasteiger partial charge in [-0.05, 0) is 55.2 Å². The van der Waals surface area contributed by atoms with E-state index in [0.717, 1.165) is 54.3 Å². The monoisotopic (exact) mass is 545 g/mol. The molecule has 2 unspecified atom stereocenters. The molecule has 1 fully saturated rings. The van der Waals surface area contributed by atoms with Crippen molar-refractivity contribution in [2.24, 2.45) is 15.1 Å². The maximum absolute atomic E-state index is 5.48. The number of benzene rings is 1. The van der Waals surface area contributed by atoms with Crippen molar-refractivity contribution in [3.05, 3.63) is 89.8 Å². The molecule has 1 aliphatic rings. The van der Waals surface area contributed by atoms with Crippen LogP contribution in [0.3, 0.4) is 0 Å². The zero-order valence-corrected chi connectivity index (χ0v) is 24.3. The lowest BCUT2D eigenvalue weighted by atomic mass is 10.0. The first-order valence-corrected chi connectivity index (χ1v) is 13.9. The Labute approximate surface area is 235 Å². The molecule has 2 N–H and O–H groups in total. The Morgan fingerprint density at radius 3 is 2.56 bits per heavy atom. The molecule has 8 nitrogen and oxygen atoms in total. The topological polar surface area (TPSA) is 86.5 Å². The van der Waals surface area contributed by atoms with Crippen molar-refractivity contribution >= 4 is 38.9 Å². The van der Waals surface area contributed by atoms with Gasteiger partial charge in [-0.2, -0.15) is 5.10 Å². The molecule has 2 atom stereocenters. The number of amidine groups is 1. The molecule has 1 saturated heterocycles. The minimum absolute atomic E-state index is 0.319. The van der Waals surface area contributed by atoms with Crippen LogP contribution in [0.4, 0.5) is 11.4 Å². The van der Waals surface area contributed by atoms with Gasteiger partial charge in [-0.15, -0.1) is 9.24 Å². The van der Waals surface area contributed by atoms with Crippen molar-refractivity contribution in [1.82, 2.24) is 15.3 Å². The number of rotatable bonds is 12. The minimum atomic E-state index is 0.319. The number of ether oxygens (including phenoxy) is 1. The van der Waals surface area contributed by atoms with Crippen molar-refractivity contribution in [1.29, 1.82) is 0 Å². The number of allylic oxidation sites excluding steroid dienone is 3. The maximum Gasteiger partial charge on any atom is 0.141 e. The Bertz CT molecular complexity index is 1190. The molecule has 1 aliphatic heterocycles. The van der Waals surface area contributed by atoms with Crippen LogP contribution in [0.2, 0.25) is 0 Å². The second-order valence-electron chi connectivity index (χ2n) is 8.96. The van der Waals surface area contributed by atoms with E-state index in [2.05, 4.69) is 102 Å². The quantitative estimate of drug-likeness (QED) is 0.151. The fraction of sp³-hybridized carbons (Fsp3) is 0.333. The van der Waals surface area contributed by atoms with E-state index in [9.17, 15) is 0 Å². The number of anilines is 2. The lowest BCUT2D eigenvalue weighted by Crippen LogP contribution is -2.41. The predicted octanol–water partition coefficient (Wildman–Crippen LogP) is 5.87. The van der Waals surface area contributed by atoms with E-state index in [0.29, 0.717) is 25.0 Å². The number of aromatic nitrogens is 1. The van der Waals surface area contributed by atoms with Gasteiger partial charge in [0, 0.05) is 36.9 Å². The second-order valence-corrected chi connectivity index (χ2v) is 9.58. The van der Waals surface area contributed by atoms with E-state index >= 15 is 0 Å². The minimum Gasteiger partial charge on any atom is -0.378 e. The highest BCUT2D eigenvalue weighted by Crippen LogP contribution is 2.21. The third-order valence-corrected chi connectivity index (χ3v) is 6.40. The van der Waals surface area contributed by atoms with Crippen LogP contribution in [0, 0.1) is 0 Å². The molecule has 2 aromatic rings. The van der Waals surface area contributed by atoms with Crippen LogP contribution in [0.15, 0.2) is 93.6 Å². The molecule has 1 aromatic heterocycles. The number of morpholine rings is 1. The highest BCUT2D eigenvalue weighted by Gasteiger charge is 2.17. The summed E-state index contributed by atoms with van der Waals surface area (Å²) >= 11 is 0. The number of nitrogens with one attached hydrogen (secondary N) is 2. The first-order chi connectivity index (χ1) is 19.0. The van der Waals surface area contributed by atoms with Gasteiger partial charge in [0.2, 0.25) is 0 Å². The van der Waals surface area contributed by atoms with Gasteiger partial charge in [-0.25, -0.2) is 4.99 Å². The highest BCUT2D eigenvalue weighted by atomic mass is 31.0. The molecule has 9 heteroatoms. The van der Waals surface area contributed by atoms with Crippen LogP contribution < -0.4 is 10.7 Å². The molecule has 0 spiro atoms. The molecule has 3 rings (SSSR count). The third kappa shape index (κ3) is 10.2. The molecule has 2 heterocycles. The SMILES string of the molecule is C=C(/N=C(\C(P)=CCC)N1CCOCC1)N/N=C/c1ccc(Nc2ccc(C(C)/C=C\C=NCC)cc2)cn1. The second kappa shape index (κ2) is 16.4.